The number of carbonyl (C=O) groups excluding carboxylic acids is 1. The number of methoxy groups -OCH3 is 2. The van der Waals surface area contributed by atoms with Gasteiger partial charge in [-0.25, -0.2) is 0 Å². The van der Waals surface area contributed by atoms with Crippen molar-refractivity contribution >= 4 is 49.5 Å². The van der Waals surface area contributed by atoms with E-state index in [1.54, 1.807) is 14.2 Å². The number of para-hydroxylation sites is 2. The van der Waals surface area contributed by atoms with E-state index in [0.717, 1.165) is 55.6 Å². The molecule has 37 heavy (non-hydrogen) atoms. The molecule has 0 spiro atoms. The zero-order valence-electron chi connectivity index (χ0n) is 21.2. The molecule has 3 aliphatic heterocycles. The molecule has 8 rings (SSSR count). The molecule has 8 heteroatoms. The van der Waals surface area contributed by atoms with Crippen molar-refractivity contribution in [3.05, 3.63) is 59.7 Å². The van der Waals surface area contributed by atoms with Crippen molar-refractivity contribution < 1.29 is 19.0 Å². The van der Waals surface area contributed by atoms with Gasteiger partial charge in [0.25, 0.3) is 5.91 Å². The van der Waals surface area contributed by atoms with Gasteiger partial charge in [-0.1, -0.05) is 36.4 Å². The Balaban J connectivity index is 1.72. The van der Waals surface area contributed by atoms with Gasteiger partial charge in [0.2, 0.25) is 0 Å². The quantitative estimate of drug-likeness (QED) is 0.385. The summed E-state index contributed by atoms with van der Waals surface area (Å²) in [5.41, 5.74) is 4.95. The Hall–Kier alpha value is -3.43. The summed E-state index contributed by atoms with van der Waals surface area (Å²) < 4.78 is 23.8. The molecule has 1 amide bonds. The fourth-order valence-corrected chi connectivity index (χ4v) is 7.54. The predicted octanol–water partition coefficient (Wildman–Crippen LogP) is 4.50. The van der Waals surface area contributed by atoms with E-state index in [1.165, 1.54) is 0 Å². The highest BCUT2D eigenvalue weighted by Crippen LogP contribution is 2.54. The first-order valence-electron chi connectivity index (χ1n) is 12.8. The van der Waals surface area contributed by atoms with Crippen LogP contribution in [0.15, 0.2) is 48.5 Å². The number of rotatable bonds is 3. The van der Waals surface area contributed by atoms with Gasteiger partial charge in [0.1, 0.15) is 12.3 Å². The number of nitrogens with one attached hydrogen (secondary N) is 2. The normalized spacial score (nSPS) is 28.5. The van der Waals surface area contributed by atoms with E-state index in [9.17, 15) is 4.79 Å². The molecule has 0 unspecified atom stereocenters. The van der Waals surface area contributed by atoms with Crippen molar-refractivity contribution in [2.24, 2.45) is 0 Å². The Labute approximate surface area is 213 Å². The second-order valence-corrected chi connectivity index (χ2v) is 10.5. The molecule has 5 atom stereocenters. The monoisotopic (exact) mass is 495 g/mol. The van der Waals surface area contributed by atoms with Gasteiger partial charge in [0.05, 0.1) is 27.6 Å². The molecular formula is C29H28N4O4. The zero-order chi connectivity index (χ0) is 25.2. The molecule has 1 saturated heterocycles. The first kappa shape index (κ1) is 21.6. The number of carbonyl (C=O) groups is 1. The average Bonchev–Trinajstić information content (AvgIpc) is 3.53. The van der Waals surface area contributed by atoms with Gasteiger partial charge >= 0.3 is 0 Å². The first-order valence-corrected chi connectivity index (χ1v) is 12.8. The van der Waals surface area contributed by atoms with Crippen LogP contribution < -0.4 is 10.6 Å². The smallest absolute Gasteiger partial charge is 0.254 e. The lowest BCUT2D eigenvalue weighted by molar-refractivity contribution is -0.256. The van der Waals surface area contributed by atoms with Crippen LogP contribution in [0.25, 0.3) is 43.6 Å². The molecule has 0 aliphatic carbocycles. The summed E-state index contributed by atoms with van der Waals surface area (Å²) in [6.07, 6.45) is -0.302. The Morgan fingerprint density at radius 3 is 2.41 bits per heavy atom. The largest absolute Gasteiger partial charge is 0.375 e. The van der Waals surface area contributed by atoms with E-state index < -0.39 is 12.0 Å². The van der Waals surface area contributed by atoms with Crippen LogP contribution in [-0.4, -0.2) is 48.5 Å². The van der Waals surface area contributed by atoms with Crippen molar-refractivity contribution in [1.82, 2.24) is 19.8 Å². The second-order valence-electron chi connectivity index (χ2n) is 10.5. The molecule has 8 nitrogen and oxygen atoms in total. The van der Waals surface area contributed by atoms with Gasteiger partial charge in [-0.2, -0.15) is 0 Å². The van der Waals surface area contributed by atoms with E-state index in [-0.39, 0.29) is 24.3 Å². The first-order chi connectivity index (χ1) is 18.0. The van der Waals surface area contributed by atoms with Crippen LogP contribution in [0, 0.1) is 0 Å². The minimum absolute atomic E-state index is 0.0531. The lowest BCUT2D eigenvalue weighted by atomic mass is 9.93. The number of likely N-dealkylation sites (N-methyl/N-ethyl adjacent to an activating group) is 1. The number of hydrogen-bond donors (Lipinski definition) is 2. The lowest BCUT2D eigenvalue weighted by Gasteiger charge is -2.48. The van der Waals surface area contributed by atoms with Gasteiger partial charge in [0.15, 0.2) is 12.0 Å². The van der Waals surface area contributed by atoms with Crippen LogP contribution >= 0.6 is 0 Å². The number of benzene rings is 3. The van der Waals surface area contributed by atoms with Crippen LogP contribution in [0.5, 0.6) is 0 Å². The average molecular weight is 496 g/mol. The third kappa shape index (κ3) is 2.36. The van der Waals surface area contributed by atoms with Crippen molar-refractivity contribution in [3.8, 4) is 0 Å². The third-order valence-corrected chi connectivity index (χ3v) is 8.87. The van der Waals surface area contributed by atoms with Crippen LogP contribution in [0.3, 0.4) is 0 Å². The number of nitrogens with zero attached hydrogens (tertiary/aromatic N) is 2. The maximum absolute atomic E-state index is 13.6. The molecule has 5 heterocycles. The fourth-order valence-electron chi connectivity index (χ4n) is 7.54. The van der Waals surface area contributed by atoms with E-state index in [1.807, 2.05) is 19.2 Å². The summed E-state index contributed by atoms with van der Waals surface area (Å²) in [5.74, 6) is -0.106. The molecular weight excluding hydrogens is 467 g/mol. The standard InChI is InChI=1S/C29H28N4O4/c1-29-26(35-3)16(30-2)13-19(37-29)32-17-11-7-5-9-14(17)20-22-23(28(36-4)31-27(22)34)21-15-10-6-8-12-18(15)33(29)25(21)24(20)32/h5-12,16,19,26,28,30H,13H2,1-4H3,(H,31,34)/t16-,19-,26-,28-,29+/m0/s1/i4-1. The molecule has 0 radical (unpaired) electrons. The van der Waals surface area contributed by atoms with Crippen molar-refractivity contribution in [2.45, 2.75) is 43.7 Å². The van der Waals surface area contributed by atoms with Gasteiger partial charge < -0.3 is 34.0 Å². The number of hydrogen-bond acceptors (Lipinski definition) is 5. The summed E-state index contributed by atoms with van der Waals surface area (Å²) in [6.45, 7) is 2.13. The van der Waals surface area contributed by atoms with E-state index in [4.69, 9.17) is 14.2 Å². The molecule has 2 aromatic heterocycles. The van der Waals surface area contributed by atoms with Crippen LogP contribution in [0.2, 0.25) is 0 Å². The zero-order valence-corrected chi connectivity index (χ0v) is 21.2. The van der Waals surface area contributed by atoms with Crippen molar-refractivity contribution in [3.63, 3.8) is 0 Å². The molecule has 0 saturated carbocycles. The summed E-state index contributed by atoms with van der Waals surface area (Å²) in [6, 6.07) is 16.7. The maximum atomic E-state index is 13.6. The highest BCUT2D eigenvalue weighted by molar-refractivity contribution is 6.31. The summed E-state index contributed by atoms with van der Waals surface area (Å²) >= 11 is 0. The number of ether oxygens (including phenoxy) is 3. The highest BCUT2D eigenvalue weighted by atomic mass is 16.6. The Bertz CT molecular complexity index is 1800. The SMILES string of the molecule is CN[C@H]1C[C@@H]2O[C@](C)([C@H]1OC)n1c3ccccc3c3c4c(c5c6ccccc6n2c5c31)C(=O)N[C@H]4O[11CH3]. The third-order valence-electron chi connectivity index (χ3n) is 8.87. The van der Waals surface area contributed by atoms with Gasteiger partial charge in [-0.15, -0.1) is 0 Å². The van der Waals surface area contributed by atoms with E-state index >= 15 is 0 Å². The van der Waals surface area contributed by atoms with Crippen LogP contribution in [-0.2, 0) is 19.9 Å². The molecule has 5 aromatic rings. The Kier molecular flexibility index (Phi) is 4.16. The van der Waals surface area contributed by atoms with E-state index in [0.29, 0.717) is 5.56 Å². The lowest BCUT2D eigenvalue weighted by Crippen LogP contribution is -2.59. The van der Waals surface area contributed by atoms with Crippen molar-refractivity contribution in [2.75, 3.05) is 21.3 Å². The van der Waals surface area contributed by atoms with Gasteiger partial charge in [-0.3, -0.25) is 4.79 Å². The number of fused-ring (bicyclic) bond motifs is 13. The summed E-state index contributed by atoms with van der Waals surface area (Å²) in [4.78, 5) is 13.6. The molecule has 1 fully saturated rings. The van der Waals surface area contributed by atoms with Crippen LogP contribution in [0.4, 0.5) is 0 Å². The van der Waals surface area contributed by atoms with Crippen molar-refractivity contribution in [1.29, 1.82) is 0 Å². The number of aromatic nitrogens is 2. The highest BCUT2D eigenvalue weighted by Gasteiger charge is 2.53. The fraction of sp³-hybridized carbons (Fsp3) is 0.345. The minimum Gasteiger partial charge on any atom is -0.375 e. The Morgan fingerprint density at radius 2 is 1.70 bits per heavy atom. The number of amides is 1. The molecule has 188 valence electrons. The Morgan fingerprint density at radius 1 is 1.00 bits per heavy atom. The molecule has 2 bridgehead atoms. The van der Waals surface area contributed by atoms with Gasteiger partial charge in [-0.05, 0) is 26.1 Å². The second kappa shape index (κ2) is 7.11. The topological polar surface area (TPSA) is 78.7 Å². The predicted molar refractivity (Wildman–Crippen MR) is 142 cm³/mol. The van der Waals surface area contributed by atoms with Crippen LogP contribution in [0.1, 0.15) is 41.7 Å². The van der Waals surface area contributed by atoms with Gasteiger partial charge in [0, 0.05) is 53.8 Å². The maximum Gasteiger partial charge on any atom is 0.254 e. The summed E-state index contributed by atoms with van der Waals surface area (Å²) in [7, 11) is 5.39. The minimum atomic E-state index is -0.813. The molecule has 3 aliphatic rings. The summed E-state index contributed by atoms with van der Waals surface area (Å²) in [5, 5.41) is 10.7. The molecule has 3 aromatic carbocycles. The molecule has 2 N–H and O–H groups in total. The van der Waals surface area contributed by atoms with E-state index in [2.05, 4.69) is 63.1 Å².